The summed E-state index contributed by atoms with van der Waals surface area (Å²) >= 11 is 0. The number of hydrogen-bond acceptors (Lipinski definition) is 3. The van der Waals surface area contributed by atoms with Gasteiger partial charge in [0.1, 0.15) is 0 Å². The Morgan fingerprint density at radius 3 is 2.23 bits per heavy atom. The average molecular weight is 182 g/mol. The standard InChI is InChI=1S/C10H14O3/c11-8-4-7-10(12,13)9-5-2-1-3-6-9/h1-3,5-6,11-13H,4,7-8H2. The van der Waals surface area contributed by atoms with Crippen LogP contribution < -0.4 is 0 Å². The number of aliphatic hydroxyl groups excluding tert-OH is 1. The molecule has 13 heavy (non-hydrogen) atoms. The van der Waals surface area contributed by atoms with Gasteiger partial charge in [-0.15, -0.1) is 0 Å². The summed E-state index contributed by atoms with van der Waals surface area (Å²) in [5, 5.41) is 27.7. The maximum absolute atomic E-state index is 9.56. The quantitative estimate of drug-likeness (QED) is 0.597. The van der Waals surface area contributed by atoms with Crippen molar-refractivity contribution < 1.29 is 15.3 Å². The summed E-state index contributed by atoms with van der Waals surface area (Å²) in [4.78, 5) is 0. The van der Waals surface area contributed by atoms with E-state index < -0.39 is 5.79 Å². The molecule has 3 heteroatoms. The molecule has 3 N–H and O–H groups in total. The van der Waals surface area contributed by atoms with Gasteiger partial charge in [0, 0.05) is 18.6 Å². The van der Waals surface area contributed by atoms with E-state index in [-0.39, 0.29) is 13.0 Å². The molecule has 1 aromatic rings. The first-order chi connectivity index (χ1) is 6.17. The van der Waals surface area contributed by atoms with Gasteiger partial charge < -0.3 is 15.3 Å². The molecule has 0 saturated carbocycles. The van der Waals surface area contributed by atoms with E-state index in [1.54, 1.807) is 24.3 Å². The number of benzene rings is 1. The lowest BCUT2D eigenvalue weighted by molar-refractivity contribution is -0.176. The topological polar surface area (TPSA) is 60.7 Å². The van der Waals surface area contributed by atoms with Crippen molar-refractivity contribution in [2.45, 2.75) is 18.6 Å². The highest BCUT2D eigenvalue weighted by atomic mass is 16.5. The first kappa shape index (κ1) is 10.2. The second kappa shape index (κ2) is 4.37. The molecule has 0 radical (unpaired) electrons. The third-order valence-corrected chi connectivity index (χ3v) is 1.92. The van der Waals surface area contributed by atoms with Crippen LogP contribution in [0.4, 0.5) is 0 Å². The summed E-state index contributed by atoms with van der Waals surface area (Å²) in [6.07, 6.45) is 0.523. The van der Waals surface area contributed by atoms with Crippen LogP contribution in [0.25, 0.3) is 0 Å². The van der Waals surface area contributed by atoms with E-state index in [1.807, 2.05) is 6.07 Å². The molecule has 0 aliphatic rings. The molecule has 72 valence electrons. The zero-order chi connectivity index (χ0) is 9.73. The van der Waals surface area contributed by atoms with Crippen LogP contribution in [0.5, 0.6) is 0 Å². The van der Waals surface area contributed by atoms with Gasteiger partial charge in [0.05, 0.1) is 0 Å². The molecule has 0 aliphatic heterocycles. The molecule has 0 bridgehead atoms. The monoisotopic (exact) mass is 182 g/mol. The van der Waals surface area contributed by atoms with Crippen molar-refractivity contribution in [1.29, 1.82) is 0 Å². The van der Waals surface area contributed by atoms with Crippen LogP contribution in [0.3, 0.4) is 0 Å². The van der Waals surface area contributed by atoms with Gasteiger partial charge in [0.25, 0.3) is 0 Å². The molecular weight excluding hydrogens is 168 g/mol. The van der Waals surface area contributed by atoms with Crippen LogP contribution in [0, 0.1) is 0 Å². The van der Waals surface area contributed by atoms with Gasteiger partial charge in [-0.2, -0.15) is 0 Å². The van der Waals surface area contributed by atoms with Crippen molar-refractivity contribution >= 4 is 0 Å². The van der Waals surface area contributed by atoms with Crippen molar-refractivity contribution in [1.82, 2.24) is 0 Å². The maximum Gasteiger partial charge on any atom is 0.189 e. The van der Waals surface area contributed by atoms with Gasteiger partial charge in [-0.25, -0.2) is 0 Å². The van der Waals surface area contributed by atoms with Crippen LogP contribution in [0.1, 0.15) is 18.4 Å². The Morgan fingerprint density at radius 2 is 1.69 bits per heavy atom. The fraction of sp³-hybridized carbons (Fsp3) is 0.400. The second-order valence-corrected chi connectivity index (χ2v) is 3.01. The van der Waals surface area contributed by atoms with Crippen LogP contribution in [0.15, 0.2) is 30.3 Å². The Hall–Kier alpha value is -0.900. The molecule has 0 amide bonds. The average Bonchev–Trinajstić information content (AvgIpc) is 2.16. The molecule has 3 nitrogen and oxygen atoms in total. The lowest BCUT2D eigenvalue weighted by Crippen LogP contribution is -2.25. The molecule has 0 saturated heterocycles. The van der Waals surface area contributed by atoms with Crippen LogP contribution >= 0.6 is 0 Å². The van der Waals surface area contributed by atoms with Gasteiger partial charge in [-0.05, 0) is 6.42 Å². The van der Waals surface area contributed by atoms with E-state index >= 15 is 0 Å². The molecule has 0 atom stereocenters. The van der Waals surface area contributed by atoms with E-state index in [0.717, 1.165) is 0 Å². The van der Waals surface area contributed by atoms with Crippen LogP contribution in [-0.2, 0) is 5.79 Å². The SMILES string of the molecule is OCCCC(O)(O)c1ccccc1. The molecule has 0 unspecified atom stereocenters. The summed E-state index contributed by atoms with van der Waals surface area (Å²) < 4.78 is 0. The van der Waals surface area contributed by atoms with Crippen molar-refractivity contribution in [3.8, 4) is 0 Å². The Kier molecular flexibility index (Phi) is 3.42. The number of hydrogen-bond donors (Lipinski definition) is 3. The summed E-state index contributed by atoms with van der Waals surface area (Å²) in [7, 11) is 0. The molecule has 1 aromatic carbocycles. The summed E-state index contributed by atoms with van der Waals surface area (Å²) in [5.41, 5.74) is 0.462. The fourth-order valence-corrected chi connectivity index (χ4v) is 1.17. The van der Waals surface area contributed by atoms with E-state index in [0.29, 0.717) is 12.0 Å². The minimum atomic E-state index is -1.82. The Balaban J connectivity index is 2.69. The van der Waals surface area contributed by atoms with E-state index in [9.17, 15) is 10.2 Å². The van der Waals surface area contributed by atoms with Gasteiger partial charge in [0.2, 0.25) is 0 Å². The van der Waals surface area contributed by atoms with E-state index in [4.69, 9.17) is 5.11 Å². The number of rotatable bonds is 4. The predicted octanol–water partition coefficient (Wildman–Crippen LogP) is 0.597. The van der Waals surface area contributed by atoms with Crippen molar-refractivity contribution in [3.63, 3.8) is 0 Å². The zero-order valence-corrected chi connectivity index (χ0v) is 7.35. The highest BCUT2D eigenvalue weighted by Crippen LogP contribution is 2.22. The van der Waals surface area contributed by atoms with Crippen LogP contribution in [0.2, 0.25) is 0 Å². The minimum Gasteiger partial charge on any atom is -0.396 e. The zero-order valence-electron chi connectivity index (χ0n) is 7.35. The third-order valence-electron chi connectivity index (χ3n) is 1.92. The first-order valence-electron chi connectivity index (χ1n) is 4.28. The maximum atomic E-state index is 9.56. The second-order valence-electron chi connectivity index (χ2n) is 3.01. The Bertz CT molecular complexity index is 244. The molecule has 0 aliphatic carbocycles. The summed E-state index contributed by atoms with van der Waals surface area (Å²) in [6, 6.07) is 8.60. The van der Waals surface area contributed by atoms with Crippen LogP contribution in [-0.4, -0.2) is 21.9 Å². The fourth-order valence-electron chi connectivity index (χ4n) is 1.17. The van der Waals surface area contributed by atoms with E-state index in [2.05, 4.69) is 0 Å². The number of aliphatic hydroxyl groups is 3. The van der Waals surface area contributed by atoms with Crippen molar-refractivity contribution in [2.24, 2.45) is 0 Å². The third kappa shape index (κ3) is 2.81. The smallest absolute Gasteiger partial charge is 0.189 e. The van der Waals surface area contributed by atoms with Gasteiger partial charge in [-0.3, -0.25) is 0 Å². The highest BCUT2D eigenvalue weighted by molar-refractivity contribution is 5.19. The molecule has 0 fully saturated rings. The molecule has 1 rings (SSSR count). The van der Waals surface area contributed by atoms with Gasteiger partial charge >= 0.3 is 0 Å². The predicted molar refractivity (Wildman–Crippen MR) is 48.9 cm³/mol. The van der Waals surface area contributed by atoms with Gasteiger partial charge in [0.15, 0.2) is 5.79 Å². The lowest BCUT2D eigenvalue weighted by atomic mass is 10.0. The lowest BCUT2D eigenvalue weighted by Gasteiger charge is -2.21. The van der Waals surface area contributed by atoms with Crippen molar-refractivity contribution in [2.75, 3.05) is 6.61 Å². The van der Waals surface area contributed by atoms with Crippen molar-refractivity contribution in [3.05, 3.63) is 35.9 Å². The largest absolute Gasteiger partial charge is 0.396 e. The minimum absolute atomic E-state index is 0.0320. The first-order valence-corrected chi connectivity index (χ1v) is 4.28. The Morgan fingerprint density at radius 1 is 1.08 bits per heavy atom. The molecule has 0 aromatic heterocycles. The Labute approximate surface area is 77.3 Å². The normalized spacial score (nSPS) is 11.6. The molecule has 0 heterocycles. The molecular formula is C10H14O3. The molecule has 0 spiro atoms. The highest BCUT2D eigenvalue weighted by Gasteiger charge is 2.24. The summed E-state index contributed by atoms with van der Waals surface area (Å²) in [5.74, 6) is -1.82. The van der Waals surface area contributed by atoms with Gasteiger partial charge in [-0.1, -0.05) is 30.3 Å². The summed E-state index contributed by atoms with van der Waals surface area (Å²) in [6.45, 7) is -0.0320. The van der Waals surface area contributed by atoms with E-state index in [1.165, 1.54) is 0 Å².